The van der Waals surface area contributed by atoms with E-state index in [2.05, 4.69) is 37.4 Å². The lowest BCUT2D eigenvalue weighted by Gasteiger charge is -2.35. The van der Waals surface area contributed by atoms with E-state index in [4.69, 9.17) is 9.47 Å². The summed E-state index contributed by atoms with van der Waals surface area (Å²) in [5, 5.41) is 6.54. The number of ether oxygens (including phenoxy) is 3. The van der Waals surface area contributed by atoms with Crippen LogP contribution < -0.4 is 20.1 Å². The Bertz CT molecular complexity index is 868. The smallest absolute Gasteiger partial charge is 0.387 e. The van der Waals surface area contributed by atoms with Gasteiger partial charge in [0.25, 0.3) is 0 Å². The highest BCUT2D eigenvalue weighted by molar-refractivity contribution is 14.0. The van der Waals surface area contributed by atoms with Crippen molar-refractivity contribution < 1.29 is 23.0 Å². The molecule has 7 nitrogen and oxygen atoms in total. The number of rotatable bonds is 9. The molecule has 1 aliphatic rings. The molecule has 10 heteroatoms. The molecule has 182 valence electrons. The van der Waals surface area contributed by atoms with E-state index in [1.165, 1.54) is 18.7 Å². The van der Waals surface area contributed by atoms with Gasteiger partial charge in [-0.15, -0.1) is 24.0 Å². The highest BCUT2D eigenvalue weighted by Crippen LogP contribution is 2.26. The first-order valence-electron chi connectivity index (χ1n) is 10.5. The van der Waals surface area contributed by atoms with E-state index >= 15 is 0 Å². The van der Waals surface area contributed by atoms with Crippen molar-refractivity contribution in [3.63, 3.8) is 0 Å². The molecule has 2 aromatic rings. The van der Waals surface area contributed by atoms with Gasteiger partial charge in [0, 0.05) is 38.8 Å². The Balaban J connectivity index is 0.00000385. The van der Waals surface area contributed by atoms with Gasteiger partial charge >= 0.3 is 6.61 Å². The summed E-state index contributed by atoms with van der Waals surface area (Å²) < 4.78 is 40.9. The minimum atomic E-state index is -2.90. The third-order valence-corrected chi connectivity index (χ3v) is 5.29. The lowest BCUT2D eigenvalue weighted by Crippen LogP contribution is -2.46. The molecule has 0 aliphatic carbocycles. The monoisotopic (exact) mass is 576 g/mol. The van der Waals surface area contributed by atoms with Crippen LogP contribution in [0.5, 0.6) is 11.5 Å². The quantitative estimate of drug-likeness (QED) is 0.270. The Labute approximate surface area is 210 Å². The van der Waals surface area contributed by atoms with E-state index in [0.717, 1.165) is 13.1 Å². The lowest BCUT2D eigenvalue weighted by molar-refractivity contribution is -0.0505. The van der Waals surface area contributed by atoms with Gasteiger partial charge in [-0.1, -0.05) is 30.3 Å². The fourth-order valence-corrected chi connectivity index (χ4v) is 3.65. The Kier molecular flexibility index (Phi) is 11.6. The Hall–Kier alpha value is -2.18. The van der Waals surface area contributed by atoms with Gasteiger partial charge in [0.2, 0.25) is 0 Å². The highest BCUT2D eigenvalue weighted by Gasteiger charge is 2.23. The summed E-state index contributed by atoms with van der Waals surface area (Å²) in [4.78, 5) is 6.66. The standard InChI is InChI=1S/C23H30F2N4O3.HI/c1-26-23(27-15-18-14-19(30-2)8-9-21(18)32-22(24)25)28-16-20(17-6-4-3-5-7-17)29-10-12-31-13-11-29;/h3-9,14,20,22H,10-13,15-16H2,1-2H3,(H2,26,27,28);1H. The van der Waals surface area contributed by atoms with E-state index < -0.39 is 6.61 Å². The van der Waals surface area contributed by atoms with Crippen LogP contribution in [-0.4, -0.2) is 64.5 Å². The van der Waals surface area contributed by atoms with Crippen molar-refractivity contribution in [1.82, 2.24) is 15.5 Å². The second-order valence-corrected chi connectivity index (χ2v) is 7.23. The molecule has 0 aromatic heterocycles. The van der Waals surface area contributed by atoms with Crippen LogP contribution in [0.25, 0.3) is 0 Å². The number of alkyl halides is 2. The van der Waals surface area contributed by atoms with Crippen LogP contribution in [-0.2, 0) is 11.3 Å². The zero-order valence-electron chi connectivity index (χ0n) is 18.8. The third-order valence-electron chi connectivity index (χ3n) is 5.29. The molecule has 0 radical (unpaired) electrons. The third kappa shape index (κ3) is 8.27. The Morgan fingerprint density at radius 3 is 2.48 bits per heavy atom. The van der Waals surface area contributed by atoms with Crippen molar-refractivity contribution in [2.45, 2.75) is 19.2 Å². The first kappa shape index (κ1) is 27.1. The predicted octanol–water partition coefficient (Wildman–Crippen LogP) is 3.65. The molecule has 0 saturated carbocycles. The van der Waals surface area contributed by atoms with Crippen LogP contribution in [0, 0.1) is 0 Å². The Morgan fingerprint density at radius 2 is 1.85 bits per heavy atom. The van der Waals surface area contributed by atoms with Gasteiger partial charge in [-0.05, 0) is 23.8 Å². The molecule has 1 unspecified atom stereocenters. The van der Waals surface area contributed by atoms with Crippen LogP contribution in [0.4, 0.5) is 8.78 Å². The number of morpholine rings is 1. The predicted molar refractivity (Wildman–Crippen MR) is 135 cm³/mol. The van der Waals surface area contributed by atoms with E-state index in [9.17, 15) is 8.78 Å². The minimum absolute atomic E-state index is 0. The van der Waals surface area contributed by atoms with Crippen molar-refractivity contribution in [2.24, 2.45) is 4.99 Å². The SMILES string of the molecule is CN=C(NCc1cc(OC)ccc1OC(F)F)NCC(c1ccccc1)N1CCOCC1.I. The first-order chi connectivity index (χ1) is 15.6. The van der Waals surface area contributed by atoms with Crippen LogP contribution in [0.15, 0.2) is 53.5 Å². The molecule has 1 fully saturated rings. The van der Waals surface area contributed by atoms with Crippen LogP contribution >= 0.6 is 24.0 Å². The first-order valence-corrected chi connectivity index (χ1v) is 10.5. The number of halogens is 3. The zero-order valence-corrected chi connectivity index (χ0v) is 21.1. The molecule has 2 N–H and O–H groups in total. The molecule has 1 heterocycles. The second kappa shape index (κ2) is 14.2. The van der Waals surface area contributed by atoms with Gasteiger partial charge in [0.1, 0.15) is 11.5 Å². The van der Waals surface area contributed by atoms with Crippen LogP contribution in [0.3, 0.4) is 0 Å². The van der Waals surface area contributed by atoms with Gasteiger partial charge in [0.15, 0.2) is 5.96 Å². The summed E-state index contributed by atoms with van der Waals surface area (Å²) in [5.41, 5.74) is 1.75. The summed E-state index contributed by atoms with van der Waals surface area (Å²) in [6.45, 7) is 1.09. The maximum absolute atomic E-state index is 12.8. The molecule has 2 aromatic carbocycles. The van der Waals surface area contributed by atoms with Crippen molar-refractivity contribution in [2.75, 3.05) is 47.0 Å². The number of methoxy groups -OCH3 is 1. The fourth-order valence-electron chi connectivity index (χ4n) is 3.65. The van der Waals surface area contributed by atoms with Gasteiger partial charge in [-0.2, -0.15) is 8.78 Å². The second-order valence-electron chi connectivity index (χ2n) is 7.23. The van der Waals surface area contributed by atoms with E-state index in [0.29, 0.717) is 37.0 Å². The van der Waals surface area contributed by atoms with Gasteiger partial charge < -0.3 is 24.8 Å². The molecule has 1 aliphatic heterocycles. The maximum Gasteiger partial charge on any atom is 0.387 e. The van der Waals surface area contributed by atoms with Crippen molar-refractivity contribution >= 4 is 29.9 Å². The average molecular weight is 576 g/mol. The van der Waals surface area contributed by atoms with Crippen molar-refractivity contribution in [1.29, 1.82) is 0 Å². The summed E-state index contributed by atoms with van der Waals surface area (Å²) in [6, 6.07) is 15.2. The normalized spacial score (nSPS) is 15.5. The molecule has 1 saturated heterocycles. The number of hydrogen-bond donors (Lipinski definition) is 2. The van der Waals surface area contributed by atoms with Crippen LogP contribution in [0.1, 0.15) is 17.2 Å². The van der Waals surface area contributed by atoms with E-state index in [1.54, 1.807) is 19.2 Å². The summed E-state index contributed by atoms with van der Waals surface area (Å²) in [6.07, 6.45) is 0. The zero-order chi connectivity index (χ0) is 22.8. The number of nitrogens with zero attached hydrogens (tertiary/aromatic N) is 2. The highest BCUT2D eigenvalue weighted by atomic mass is 127. The molecule has 0 bridgehead atoms. The number of aliphatic imine (C=N–C) groups is 1. The van der Waals surface area contributed by atoms with Gasteiger partial charge in [-0.3, -0.25) is 9.89 Å². The topological polar surface area (TPSA) is 67.4 Å². The van der Waals surface area contributed by atoms with Gasteiger partial charge in [0.05, 0.1) is 26.4 Å². The maximum atomic E-state index is 12.8. The summed E-state index contributed by atoms with van der Waals surface area (Å²) >= 11 is 0. The molecule has 0 spiro atoms. The number of benzene rings is 2. The molecule has 3 rings (SSSR count). The molecular formula is C23H31F2IN4O3. The summed E-state index contributed by atoms with van der Waals surface area (Å²) in [5.74, 6) is 1.21. The number of guanidine groups is 1. The van der Waals surface area contributed by atoms with Crippen molar-refractivity contribution in [3.05, 3.63) is 59.7 Å². The minimum Gasteiger partial charge on any atom is -0.497 e. The van der Waals surface area contributed by atoms with Crippen molar-refractivity contribution in [3.8, 4) is 11.5 Å². The van der Waals surface area contributed by atoms with Gasteiger partial charge in [-0.25, -0.2) is 0 Å². The Morgan fingerprint density at radius 1 is 1.12 bits per heavy atom. The largest absolute Gasteiger partial charge is 0.497 e. The lowest BCUT2D eigenvalue weighted by atomic mass is 10.0. The molecule has 1 atom stereocenters. The van der Waals surface area contributed by atoms with Crippen LogP contribution in [0.2, 0.25) is 0 Å². The fraction of sp³-hybridized carbons (Fsp3) is 0.435. The molecular weight excluding hydrogens is 545 g/mol. The number of hydrogen-bond acceptors (Lipinski definition) is 5. The average Bonchev–Trinajstić information content (AvgIpc) is 2.83. The number of nitrogens with one attached hydrogen (secondary N) is 2. The molecule has 0 amide bonds. The molecule has 33 heavy (non-hydrogen) atoms. The summed E-state index contributed by atoms with van der Waals surface area (Å²) in [7, 11) is 3.19. The van der Waals surface area contributed by atoms with E-state index in [-0.39, 0.29) is 42.3 Å². The van der Waals surface area contributed by atoms with E-state index in [1.807, 2.05) is 18.2 Å².